The minimum atomic E-state index is 0.555. The molecule has 0 atom stereocenters. The van der Waals surface area contributed by atoms with Gasteiger partial charge in [-0.25, -0.2) is 0 Å². The van der Waals surface area contributed by atoms with Crippen LogP contribution in [0.15, 0.2) is 0 Å². The zero-order valence-corrected chi connectivity index (χ0v) is 9.47. The number of hydrogen-bond donors (Lipinski definition) is 1. The Labute approximate surface area is 83.1 Å². The zero-order chi connectivity index (χ0) is 9.90. The van der Waals surface area contributed by atoms with E-state index in [2.05, 4.69) is 20.8 Å². The summed E-state index contributed by atoms with van der Waals surface area (Å²) in [5.41, 5.74) is 6.25. The predicted octanol–water partition coefficient (Wildman–Crippen LogP) is 3.19. The monoisotopic (exact) mass is 183 g/mol. The molecule has 1 aliphatic carbocycles. The number of hydrogen-bond acceptors (Lipinski definition) is 1. The molecule has 0 bridgehead atoms. The third-order valence-electron chi connectivity index (χ3n) is 4.20. The average molecular weight is 183 g/mol. The maximum atomic E-state index is 5.69. The molecular formula is C12H25N. The topological polar surface area (TPSA) is 26.0 Å². The van der Waals surface area contributed by atoms with E-state index in [9.17, 15) is 0 Å². The van der Waals surface area contributed by atoms with Crippen LogP contribution in [0, 0.1) is 17.3 Å². The molecule has 0 aromatic heterocycles. The number of rotatable bonds is 3. The Morgan fingerprint density at radius 2 is 1.69 bits per heavy atom. The second kappa shape index (κ2) is 4.45. The summed E-state index contributed by atoms with van der Waals surface area (Å²) < 4.78 is 0. The summed E-state index contributed by atoms with van der Waals surface area (Å²) in [5, 5.41) is 0. The summed E-state index contributed by atoms with van der Waals surface area (Å²) in [6.07, 6.45) is 6.85. The van der Waals surface area contributed by atoms with Gasteiger partial charge in [-0.05, 0) is 49.5 Å². The Balaban J connectivity index is 2.40. The fraction of sp³-hybridized carbons (Fsp3) is 1.00. The molecule has 1 fully saturated rings. The molecule has 0 aliphatic heterocycles. The van der Waals surface area contributed by atoms with Gasteiger partial charge in [-0.3, -0.25) is 0 Å². The summed E-state index contributed by atoms with van der Waals surface area (Å²) in [4.78, 5) is 0. The Bertz CT molecular complexity index is 143. The molecule has 13 heavy (non-hydrogen) atoms. The first-order valence-corrected chi connectivity index (χ1v) is 5.80. The molecule has 1 aliphatic rings. The first kappa shape index (κ1) is 11.0. The van der Waals surface area contributed by atoms with E-state index in [0.717, 1.165) is 18.4 Å². The molecule has 0 saturated heterocycles. The van der Waals surface area contributed by atoms with Crippen molar-refractivity contribution >= 4 is 0 Å². The summed E-state index contributed by atoms with van der Waals surface area (Å²) in [6, 6.07) is 0. The van der Waals surface area contributed by atoms with Crippen molar-refractivity contribution in [1.82, 2.24) is 0 Å². The highest BCUT2D eigenvalue weighted by Crippen LogP contribution is 2.41. The van der Waals surface area contributed by atoms with Crippen LogP contribution in [0.5, 0.6) is 0 Å². The van der Waals surface area contributed by atoms with Gasteiger partial charge in [-0.2, -0.15) is 0 Å². The Morgan fingerprint density at radius 3 is 2.08 bits per heavy atom. The van der Waals surface area contributed by atoms with Crippen LogP contribution in [0.2, 0.25) is 0 Å². The van der Waals surface area contributed by atoms with Gasteiger partial charge in [0.15, 0.2) is 0 Å². The van der Waals surface area contributed by atoms with Crippen molar-refractivity contribution in [3.63, 3.8) is 0 Å². The van der Waals surface area contributed by atoms with Gasteiger partial charge in [0, 0.05) is 0 Å². The lowest BCUT2D eigenvalue weighted by Crippen LogP contribution is -2.30. The van der Waals surface area contributed by atoms with Crippen LogP contribution < -0.4 is 5.73 Å². The third kappa shape index (κ3) is 2.70. The lowest BCUT2D eigenvalue weighted by molar-refractivity contribution is 0.130. The van der Waals surface area contributed by atoms with Crippen molar-refractivity contribution in [2.45, 2.75) is 52.9 Å². The van der Waals surface area contributed by atoms with Crippen LogP contribution >= 0.6 is 0 Å². The van der Waals surface area contributed by atoms with Crippen LogP contribution in [0.3, 0.4) is 0 Å². The maximum Gasteiger partial charge on any atom is -0.00489 e. The quantitative estimate of drug-likeness (QED) is 0.714. The lowest BCUT2D eigenvalue weighted by Gasteiger charge is -2.38. The molecule has 0 aromatic rings. The zero-order valence-electron chi connectivity index (χ0n) is 9.47. The third-order valence-corrected chi connectivity index (χ3v) is 4.20. The van der Waals surface area contributed by atoms with Gasteiger partial charge in [0.1, 0.15) is 0 Å². The van der Waals surface area contributed by atoms with Crippen LogP contribution in [-0.4, -0.2) is 6.54 Å². The summed E-state index contributed by atoms with van der Waals surface area (Å²) >= 11 is 0. The van der Waals surface area contributed by atoms with Crippen molar-refractivity contribution in [3.05, 3.63) is 0 Å². The first-order valence-electron chi connectivity index (χ1n) is 5.80. The van der Waals surface area contributed by atoms with E-state index in [-0.39, 0.29) is 0 Å². The normalized spacial score (nSPS) is 30.5. The summed E-state index contributed by atoms with van der Waals surface area (Å²) in [6.45, 7) is 8.05. The van der Waals surface area contributed by atoms with Gasteiger partial charge in [-0.15, -0.1) is 0 Å². The second-order valence-corrected chi connectivity index (χ2v) is 5.30. The van der Waals surface area contributed by atoms with E-state index in [1.807, 2.05) is 0 Å². The fourth-order valence-electron chi connectivity index (χ4n) is 2.47. The number of nitrogens with two attached hydrogens (primary N) is 1. The predicted molar refractivity (Wildman–Crippen MR) is 58.6 cm³/mol. The van der Waals surface area contributed by atoms with Crippen LogP contribution in [-0.2, 0) is 0 Å². The molecule has 1 rings (SSSR count). The largest absolute Gasteiger partial charge is 0.330 e. The van der Waals surface area contributed by atoms with Gasteiger partial charge in [0.2, 0.25) is 0 Å². The van der Waals surface area contributed by atoms with Crippen LogP contribution in [0.1, 0.15) is 52.9 Å². The minimum absolute atomic E-state index is 0.555. The molecule has 1 saturated carbocycles. The molecule has 1 heteroatoms. The van der Waals surface area contributed by atoms with Crippen molar-refractivity contribution in [1.29, 1.82) is 0 Å². The van der Waals surface area contributed by atoms with E-state index in [4.69, 9.17) is 5.73 Å². The highest BCUT2D eigenvalue weighted by atomic mass is 14.6. The highest BCUT2D eigenvalue weighted by molar-refractivity contribution is 4.82. The molecule has 2 N–H and O–H groups in total. The molecule has 0 radical (unpaired) electrons. The van der Waals surface area contributed by atoms with Gasteiger partial charge in [0.05, 0.1) is 0 Å². The molecule has 0 heterocycles. The van der Waals surface area contributed by atoms with E-state index < -0.39 is 0 Å². The van der Waals surface area contributed by atoms with Crippen molar-refractivity contribution in [2.24, 2.45) is 23.0 Å². The van der Waals surface area contributed by atoms with Crippen molar-refractivity contribution < 1.29 is 0 Å². The van der Waals surface area contributed by atoms with Crippen LogP contribution in [0.25, 0.3) is 0 Å². The fourth-order valence-corrected chi connectivity index (χ4v) is 2.47. The molecule has 0 unspecified atom stereocenters. The summed E-state index contributed by atoms with van der Waals surface area (Å²) in [7, 11) is 0. The molecule has 0 aromatic carbocycles. The van der Waals surface area contributed by atoms with Crippen LogP contribution in [0.4, 0.5) is 0 Å². The van der Waals surface area contributed by atoms with E-state index in [1.54, 1.807) is 0 Å². The highest BCUT2D eigenvalue weighted by Gasteiger charge is 2.31. The minimum Gasteiger partial charge on any atom is -0.330 e. The lowest BCUT2D eigenvalue weighted by atomic mass is 9.68. The van der Waals surface area contributed by atoms with E-state index >= 15 is 0 Å². The molecule has 1 nitrogen and oxygen atoms in total. The molecule has 0 amide bonds. The average Bonchev–Trinajstić information content (AvgIpc) is 2.18. The molecule has 0 spiro atoms. The SMILES string of the molecule is CCC(C)(C)[C@H]1CC[C@H](CN)CC1. The molecular weight excluding hydrogens is 158 g/mol. The Hall–Kier alpha value is -0.0400. The van der Waals surface area contributed by atoms with Crippen molar-refractivity contribution in [2.75, 3.05) is 6.54 Å². The van der Waals surface area contributed by atoms with E-state index in [1.165, 1.54) is 32.1 Å². The van der Waals surface area contributed by atoms with E-state index in [0.29, 0.717) is 5.41 Å². The Morgan fingerprint density at radius 1 is 1.15 bits per heavy atom. The van der Waals surface area contributed by atoms with Crippen molar-refractivity contribution in [3.8, 4) is 0 Å². The van der Waals surface area contributed by atoms with Gasteiger partial charge in [-0.1, -0.05) is 27.2 Å². The standard InChI is InChI=1S/C12H25N/c1-4-12(2,3)11-7-5-10(9-13)6-8-11/h10-11H,4-9,13H2,1-3H3/t10-,11-. The van der Waals surface area contributed by atoms with Gasteiger partial charge >= 0.3 is 0 Å². The smallest absolute Gasteiger partial charge is 0.00489 e. The summed E-state index contributed by atoms with van der Waals surface area (Å²) in [5.74, 6) is 1.77. The van der Waals surface area contributed by atoms with Gasteiger partial charge < -0.3 is 5.73 Å². The molecule has 78 valence electrons. The Kier molecular flexibility index (Phi) is 3.78. The van der Waals surface area contributed by atoms with Gasteiger partial charge in [0.25, 0.3) is 0 Å². The maximum absolute atomic E-state index is 5.69. The first-order chi connectivity index (χ1) is 6.10. The second-order valence-electron chi connectivity index (χ2n) is 5.30.